The maximum absolute atomic E-state index is 8.53. The van der Waals surface area contributed by atoms with Crippen LogP contribution < -0.4 is 14.0 Å². The zero-order valence-corrected chi connectivity index (χ0v) is 58.8. The van der Waals surface area contributed by atoms with Gasteiger partial charge in [-0.15, -0.1) is 0 Å². The Morgan fingerprint density at radius 2 is 0.426 bits per heavy atom. The summed E-state index contributed by atoms with van der Waals surface area (Å²) in [6.45, 7) is 21.2. The van der Waals surface area contributed by atoms with Crippen LogP contribution in [0.1, 0.15) is 228 Å². The van der Waals surface area contributed by atoms with Crippen molar-refractivity contribution in [2.45, 2.75) is 236 Å². The van der Waals surface area contributed by atoms with E-state index in [0.717, 1.165) is 191 Å². The van der Waals surface area contributed by atoms with Gasteiger partial charge in [0.25, 0.3) is 0 Å². The van der Waals surface area contributed by atoms with Crippen molar-refractivity contribution in [3.63, 3.8) is 0 Å². The molecule has 0 heterocycles. The van der Waals surface area contributed by atoms with Gasteiger partial charge in [0.15, 0.2) is 0 Å². The SMILES string of the molecule is CCCCc1c(CCCC)c(OB(Oc2c(CCCC)c(CCCC)c(CCCC)c3ccc4cc5ccccc5cc4c23)Oc2c(CCCC)c(CCCC)c(CCCC)c3ccc4cc5ccccc5cc4c23)c2c(ccc3cc4ccccc4cc32)c1CCCC. The quantitative estimate of drug-likeness (QED) is 0.0233. The summed E-state index contributed by atoms with van der Waals surface area (Å²) < 4.78 is 25.6. The smallest absolute Gasteiger partial charge is 0.489 e. The van der Waals surface area contributed by atoms with Gasteiger partial charge in [0.2, 0.25) is 0 Å². The molecule has 4 heteroatoms. The molecule has 0 saturated heterocycles. The van der Waals surface area contributed by atoms with Gasteiger partial charge in [0, 0.05) is 16.2 Å². The molecule has 0 radical (unpaired) electrons. The maximum Gasteiger partial charge on any atom is 0.864 e. The highest BCUT2D eigenvalue weighted by molar-refractivity contribution is 6.41. The summed E-state index contributed by atoms with van der Waals surface area (Å²) in [7, 11) is -1.21. The lowest BCUT2D eigenvalue weighted by atomic mass is 9.83. The first kappa shape index (κ1) is 66.5. The molecule has 0 aliphatic heterocycles. The number of hydrogen-bond donors (Lipinski definition) is 0. The van der Waals surface area contributed by atoms with Crippen LogP contribution in [-0.4, -0.2) is 7.32 Å². The van der Waals surface area contributed by atoms with Crippen molar-refractivity contribution in [1.29, 1.82) is 0 Å². The average molecular weight is 1250 g/mol. The standard InChI is InChI=1S/C90H105BO3/c1-10-19-40-70-73(43-22-13-4)79(46-25-16-7)88(85-76(70)52-49-67-55-61-34-28-31-37-64(61)58-82(67)85)92-91(93-89-80(47-26-17-8)74(44-23-14-5)71(41-20-11-2)77-53-50-68-56-62-35-29-32-38-65(62)59-83(68)86(77)89)94-90-81(48-27-18-9)75(45-24-15-6)72(42-21-12-3)78-54-51-69-57-63-36-30-33-39-66(63)60-84(69)87(78)90/h28-39,49-60H,10-27,40-48H2,1-9H3. The van der Waals surface area contributed by atoms with Crippen LogP contribution in [-0.2, 0) is 57.8 Å². The van der Waals surface area contributed by atoms with Crippen LogP contribution >= 0.6 is 0 Å². The summed E-state index contributed by atoms with van der Waals surface area (Å²) in [4.78, 5) is 0. The molecule has 12 aromatic rings. The van der Waals surface area contributed by atoms with Crippen LogP contribution in [0.5, 0.6) is 17.2 Å². The van der Waals surface area contributed by atoms with Gasteiger partial charge in [-0.25, -0.2) is 0 Å². The summed E-state index contributed by atoms with van der Waals surface area (Å²) in [5.41, 5.74) is 13.0. The van der Waals surface area contributed by atoms with E-state index in [2.05, 4.69) is 208 Å². The highest BCUT2D eigenvalue weighted by atomic mass is 16.7. The fraction of sp³-hybridized carbons (Fsp3) is 0.400. The van der Waals surface area contributed by atoms with Gasteiger partial charge < -0.3 is 14.0 Å². The van der Waals surface area contributed by atoms with Crippen LogP contribution in [0.2, 0.25) is 0 Å². The first-order chi connectivity index (χ1) is 46.3. The predicted molar refractivity (Wildman–Crippen MR) is 412 cm³/mol. The molecule has 0 spiro atoms. The van der Waals surface area contributed by atoms with Gasteiger partial charge in [-0.05, 0) is 283 Å². The second-order valence-corrected chi connectivity index (χ2v) is 27.6. The highest BCUT2D eigenvalue weighted by Gasteiger charge is 2.39. The third kappa shape index (κ3) is 13.5. The summed E-state index contributed by atoms with van der Waals surface area (Å²) in [6, 6.07) is 56.1. The molecule has 0 unspecified atom stereocenters. The van der Waals surface area contributed by atoms with Crippen LogP contribution in [0.15, 0.2) is 146 Å². The van der Waals surface area contributed by atoms with E-state index in [9.17, 15) is 0 Å². The summed E-state index contributed by atoms with van der Waals surface area (Å²) >= 11 is 0. The van der Waals surface area contributed by atoms with Crippen molar-refractivity contribution in [2.75, 3.05) is 0 Å². The van der Waals surface area contributed by atoms with E-state index >= 15 is 0 Å². The van der Waals surface area contributed by atoms with Crippen molar-refractivity contribution in [2.24, 2.45) is 0 Å². The largest absolute Gasteiger partial charge is 0.864 e. The zero-order chi connectivity index (χ0) is 65.1. The minimum atomic E-state index is -1.21. The van der Waals surface area contributed by atoms with Gasteiger partial charge in [0.05, 0.1) is 0 Å². The van der Waals surface area contributed by atoms with Gasteiger partial charge >= 0.3 is 7.32 Å². The Labute approximate surface area is 563 Å². The second kappa shape index (κ2) is 31.3. The molecule has 0 atom stereocenters. The molecule has 0 amide bonds. The third-order valence-corrected chi connectivity index (χ3v) is 21.0. The zero-order valence-electron chi connectivity index (χ0n) is 58.8. The molecule has 0 aliphatic rings. The lowest BCUT2D eigenvalue weighted by Gasteiger charge is -2.29. The maximum atomic E-state index is 8.53. The number of aryl methyl sites for hydroxylation is 3. The van der Waals surface area contributed by atoms with Crippen LogP contribution in [0.4, 0.5) is 0 Å². The average Bonchev–Trinajstić information content (AvgIpc) is 0.745. The van der Waals surface area contributed by atoms with Crippen LogP contribution in [0.3, 0.4) is 0 Å². The van der Waals surface area contributed by atoms with Crippen molar-refractivity contribution in [3.8, 4) is 17.2 Å². The second-order valence-electron chi connectivity index (χ2n) is 27.6. The van der Waals surface area contributed by atoms with E-state index in [-0.39, 0.29) is 0 Å². The molecule has 486 valence electrons. The Kier molecular flexibility index (Phi) is 22.2. The number of rotatable bonds is 33. The number of hydrogen-bond acceptors (Lipinski definition) is 3. The highest BCUT2D eigenvalue weighted by Crippen LogP contribution is 2.49. The molecule has 94 heavy (non-hydrogen) atoms. The summed E-state index contributed by atoms with van der Waals surface area (Å²) in [5, 5.41) is 22.3. The van der Waals surface area contributed by atoms with Gasteiger partial charge in [-0.1, -0.05) is 229 Å². The Balaban J connectivity index is 1.27. The van der Waals surface area contributed by atoms with E-state index in [1.165, 1.54) is 147 Å². The topological polar surface area (TPSA) is 27.7 Å². The van der Waals surface area contributed by atoms with E-state index in [4.69, 9.17) is 14.0 Å². The first-order valence-electron chi connectivity index (χ1n) is 37.5. The minimum absolute atomic E-state index is 0.905. The minimum Gasteiger partial charge on any atom is -0.489 e. The Bertz CT molecular complexity index is 4180. The summed E-state index contributed by atoms with van der Waals surface area (Å²) in [6.07, 6.45) is 28.6. The summed E-state index contributed by atoms with van der Waals surface area (Å²) in [5.74, 6) is 2.80. The van der Waals surface area contributed by atoms with Gasteiger partial charge in [-0.2, -0.15) is 0 Å². The monoisotopic (exact) mass is 1240 g/mol. The lowest BCUT2D eigenvalue weighted by Crippen LogP contribution is -2.38. The van der Waals surface area contributed by atoms with Crippen molar-refractivity contribution in [1.82, 2.24) is 0 Å². The Hall–Kier alpha value is -7.56. The normalized spacial score (nSPS) is 12.0. The van der Waals surface area contributed by atoms with Crippen LogP contribution in [0, 0.1) is 0 Å². The van der Waals surface area contributed by atoms with Crippen LogP contribution in [0.25, 0.3) is 97.0 Å². The molecule has 0 N–H and O–H groups in total. The molecule has 0 bridgehead atoms. The van der Waals surface area contributed by atoms with E-state index in [1.54, 1.807) is 0 Å². The van der Waals surface area contributed by atoms with Crippen molar-refractivity contribution < 1.29 is 14.0 Å². The van der Waals surface area contributed by atoms with Crippen molar-refractivity contribution in [3.05, 3.63) is 196 Å². The first-order valence-corrected chi connectivity index (χ1v) is 37.5. The van der Waals surface area contributed by atoms with E-state index in [0.29, 0.717) is 0 Å². The third-order valence-electron chi connectivity index (χ3n) is 21.0. The molecule has 0 aromatic heterocycles. The molecule has 0 aliphatic carbocycles. The molecule has 3 nitrogen and oxygen atoms in total. The Morgan fingerprint density at radius 3 is 0.660 bits per heavy atom. The Morgan fingerprint density at radius 1 is 0.213 bits per heavy atom. The molecular weight excluding hydrogens is 1140 g/mol. The number of fused-ring (bicyclic) bond motifs is 12. The fourth-order valence-electron chi connectivity index (χ4n) is 15.9. The molecular formula is C90H105BO3. The molecule has 0 fully saturated rings. The molecule has 0 saturated carbocycles. The van der Waals surface area contributed by atoms with Gasteiger partial charge in [-0.3, -0.25) is 0 Å². The van der Waals surface area contributed by atoms with E-state index < -0.39 is 7.32 Å². The predicted octanol–water partition coefficient (Wildman–Crippen LogP) is 26.7. The van der Waals surface area contributed by atoms with Crippen molar-refractivity contribution >= 4 is 104 Å². The fourth-order valence-corrected chi connectivity index (χ4v) is 15.9. The lowest BCUT2D eigenvalue weighted by molar-refractivity contribution is 0.307. The van der Waals surface area contributed by atoms with E-state index in [1.807, 2.05) is 0 Å². The number of benzene rings is 12. The number of unbranched alkanes of at least 4 members (excludes halogenated alkanes) is 9. The molecule has 12 rings (SSSR count). The van der Waals surface area contributed by atoms with Gasteiger partial charge in [0.1, 0.15) is 17.2 Å². The molecule has 12 aromatic carbocycles.